The summed E-state index contributed by atoms with van der Waals surface area (Å²) in [7, 11) is 1.47. The monoisotopic (exact) mass is 382 g/mol. The van der Waals surface area contributed by atoms with Crippen molar-refractivity contribution >= 4 is 11.8 Å². The lowest BCUT2D eigenvalue weighted by molar-refractivity contribution is 0.127. The number of ether oxygens (including phenoxy) is 1. The first kappa shape index (κ1) is 17.3. The number of aryl methyl sites for hydroxylation is 1. The van der Waals surface area contributed by atoms with Crippen molar-refractivity contribution in [3.8, 4) is 16.9 Å². The average Bonchev–Trinajstić information content (AvgIpc) is 3.25. The first-order valence-corrected chi connectivity index (χ1v) is 9.73. The van der Waals surface area contributed by atoms with Gasteiger partial charge in [-0.15, -0.1) is 0 Å². The fraction of sp³-hybridized carbons (Fsp3) is 0.409. The maximum Gasteiger partial charge on any atom is 0.407 e. The van der Waals surface area contributed by atoms with Crippen molar-refractivity contribution in [2.75, 3.05) is 31.6 Å². The van der Waals surface area contributed by atoms with Gasteiger partial charge in [-0.1, -0.05) is 0 Å². The molecule has 0 aromatic heterocycles. The zero-order valence-electron chi connectivity index (χ0n) is 16.0. The number of benzene rings is 2. The third-order valence-corrected chi connectivity index (χ3v) is 6.58. The van der Waals surface area contributed by atoms with Crippen LogP contribution in [0, 0.1) is 12.7 Å². The lowest BCUT2D eigenvalue weighted by Crippen LogP contribution is -2.47. The van der Waals surface area contributed by atoms with Crippen LogP contribution in [0.3, 0.4) is 0 Å². The number of piperidine rings is 1. The van der Waals surface area contributed by atoms with Crippen LogP contribution < -0.4 is 9.64 Å². The van der Waals surface area contributed by atoms with Gasteiger partial charge >= 0.3 is 6.09 Å². The normalized spacial score (nSPS) is 22.2. The molecule has 2 aromatic carbocycles. The molecule has 0 bridgehead atoms. The Labute approximate surface area is 163 Å². The van der Waals surface area contributed by atoms with Crippen LogP contribution >= 0.6 is 0 Å². The van der Waals surface area contributed by atoms with Gasteiger partial charge in [-0.3, -0.25) is 0 Å². The van der Waals surface area contributed by atoms with Crippen molar-refractivity contribution in [1.29, 1.82) is 0 Å². The van der Waals surface area contributed by atoms with Crippen LogP contribution in [0.2, 0.25) is 0 Å². The van der Waals surface area contributed by atoms with Gasteiger partial charge in [0.05, 0.1) is 7.11 Å². The Morgan fingerprint density at radius 1 is 1.25 bits per heavy atom. The second kappa shape index (κ2) is 6.12. The molecule has 2 atom stereocenters. The largest absolute Gasteiger partial charge is 0.494 e. The van der Waals surface area contributed by atoms with Crippen LogP contribution in [0.5, 0.6) is 5.75 Å². The fourth-order valence-electron chi connectivity index (χ4n) is 5.30. The highest BCUT2D eigenvalue weighted by Gasteiger charge is 2.45. The molecule has 3 heterocycles. The first-order chi connectivity index (χ1) is 13.5. The number of likely N-dealkylation sites (tertiary alicyclic amines) is 1. The molecule has 6 heteroatoms. The SMILES string of the molecule is COc1cc(C)c(-c2cc3c4c(c2)[C@@H]2CN(C(=O)O)CC[C@@H]2N4CC3)cc1F. The highest BCUT2D eigenvalue weighted by Crippen LogP contribution is 2.51. The van der Waals surface area contributed by atoms with Gasteiger partial charge in [0.15, 0.2) is 11.6 Å². The minimum atomic E-state index is -0.847. The van der Waals surface area contributed by atoms with Crippen LogP contribution in [-0.2, 0) is 6.42 Å². The zero-order chi connectivity index (χ0) is 19.6. The lowest BCUT2D eigenvalue weighted by atomic mass is 9.85. The number of nitrogens with zero attached hydrogens (tertiary/aromatic N) is 2. The van der Waals surface area contributed by atoms with Gasteiger partial charge in [0, 0.05) is 37.3 Å². The van der Waals surface area contributed by atoms with E-state index < -0.39 is 6.09 Å². The summed E-state index contributed by atoms with van der Waals surface area (Å²) in [5.74, 6) is 0.0686. The standard InChI is InChI=1S/C22H23FN2O3/c1-12-7-20(28-2)18(23)10-15(12)14-8-13-3-6-25-19-4-5-24(22(26)27)11-17(19)16(9-14)21(13)25/h7-10,17,19H,3-6,11H2,1-2H3,(H,26,27)/t17-,19-/m0/s1. The number of halogens is 1. The van der Waals surface area contributed by atoms with Gasteiger partial charge in [-0.05, 0) is 71.8 Å². The summed E-state index contributed by atoms with van der Waals surface area (Å²) in [5, 5.41) is 9.45. The van der Waals surface area contributed by atoms with Crippen LogP contribution in [0.15, 0.2) is 24.3 Å². The number of carboxylic acid groups (broad SMARTS) is 1. The summed E-state index contributed by atoms with van der Waals surface area (Å²) in [6.07, 6.45) is 0.996. The Morgan fingerprint density at radius 3 is 2.82 bits per heavy atom. The second-order valence-electron chi connectivity index (χ2n) is 8.01. The Hall–Kier alpha value is -2.76. The average molecular weight is 382 g/mol. The molecular weight excluding hydrogens is 359 g/mol. The number of rotatable bonds is 2. The smallest absolute Gasteiger partial charge is 0.407 e. The van der Waals surface area contributed by atoms with Crippen molar-refractivity contribution in [3.63, 3.8) is 0 Å². The maximum atomic E-state index is 14.4. The van der Waals surface area contributed by atoms with Crippen molar-refractivity contribution in [2.45, 2.75) is 31.7 Å². The molecule has 0 aliphatic carbocycles. The van der Waals surface area contributed by atoms with Crippen molar-refractivity contribution in [2.24, 2.45) is 0 Å². The number of anilines is 1. The van der Waals surface area contributed by atoms with E-state index in [9.17, 15) is 14.3 Å². The molecule has 146 valence electrons. The van der Waals surface area contributed by atoms with E-state index in [-0.39, 0.29) is 17.5 Å². The summed E-state index contributed by atoms with van der Waals surface area (Å²) in [6.45, 7) is 4.07. The molecule has 5 rings (SSSR count). The van der Waals surface area contributed by atoms with Crippen molar-refractivity contribution in [3.05, 3.63) is 46.8 Å². The Balaban J connectivity index is 1.61. The number of hydrogen-bond acceptors (Lipinski definition) is 3. The van der Waals surface area contributed by atoms with Crippen LogP contribution in [0.25, 0.3) is 11.1 Å². The highest BCUT2D eigenvalue weighted by molar-refractivity contribution is 5.79. The molecule has 1 N–H and O–H groups in total. The molecule has 3 aliphatic heterocycles. The second-order valence-corrected chi connectivity index (χ2v) is 8.01. The van der Waals surface area contributed by atoms with Gasteiger partial charge in [0.25, 0.3) is 0 Å². The summed E-state index contributed by atoms with van der Waals surface area (Å²) in [4.78, 5) is 15.5. The molecule has 0 unspecified atom stereocenters. The van der Waals surface area contributed by atoms with Gasteiger partial charge < -0.3 is 19.6 Å². The molecule has 1 saturated heterocycles. The third kappa shape index (κ3) is 2.40. The van der Waals surface area contributed by atoms with E-state index in [0.717, 1.165) is 36.1 Å². The lowest BCUT2D eigenvalue weighted by Gasteiger charge is -2.37. The minimum absolute atomic E-state index is 0.183. The number of amides is 1. The van der Waals surface area contributed by atoms with E-state index in [0.29, 0.717) is 19.1 Å². The Morgan fingerprint density at radius 2 is 2.07 bits per heavy atom. The van der Waals surface area contributed by atoms with Crippen LogP contribution in [0.4, 0.5) is 14.9 Å². The summed E-state index contributed by atoms with van der Waals surface area (Å²) >= 11 is 0. The summed E-state index contributed by atoms with van der Waals surface area (Å²) in [5.41, 5.74) is 6.63. The van der Waals surface area contributed by atoms with E-state index >= 15 is 0 Å². The molecule has 1 amide bonds. The number of methoxy groups -OCH3 is 1. The van der Waals surface area contributed by atoms with Crippen LogP contribution in [0.1, 0.15) is 29.0 Å². The van der Waals surface area contributed by atoms with Crippen molar-refractivity contribution < 1.29 is 19.0 Å². The molecule has 28 heavy (non-hydrogen) atoms. The maximum absolute atomic E-state index is 14.4. The highest BCUT2D eigenvalue weighted by atomic mass is 19.1. The minimum Gasteiger partial charge on any atom is -0.494 e. The Bertz CT molecular complexity index is 990. The van der Waals surface area contributed by atoms with E-state index in [1.165, 1.54) is 28.8 Å². The molecule has 0 saturated carbocycles. The van der Waals surface area contributed by atoms with E-state index in [2.05, 4.69) is 17.0 Å². The van der Waals surface area contributed by atoms with Gasteiger partial charge in [0.2, 0.25) is 0 Å². The molecular formula is C22H23FN2O3. The van der Waals surface area contributed by atoms with Gasteiger partial charge in [0.1, 0.15) is 0 Å². The van der Waals surface area contributed by atoms with Gasteiger partial charge in [-0.25, -0.2) is 9.18 Å². The molecule has 2 aromatic rings. The van der Waals surface area contributed by atoms with E-state index in [1.54, 1.807) is 12.1 Å². The number of hydrogen-bond donors (Lipinski definition) is 1. The zero-order valence-corrected chi connectivity index (χ0v) is 16.0. The van der Waals surface area contributed by atoms with Gasteiger partial charge in [-0.2, -0.15) is 0 Å². The Kier molecular flexibility index (Phi) is 3.79. The predicted octanol–water partition coefficient (Wildman–Crippen LogP) is 4.02. The van der Waals surface area contributed by atoms with E-state index in [4.69, 9.17) is 4.74 Å². The summed E-state index contributed by atoms with van der Waals surface area (Å²) < 4.78 is 19.5. The molecule has 5 nitrogen and oxygen atoms in total. The molecule has 0 spiro atoms. The molecule has 0 radical (unpaired) electrons. The molecule has 3 aliphatic rings. The van der Waals surface area contributed by atoms with Crippen LogP contribution in [-0.4, -0.2) is 48.9 Å². The third-order valence-electron chi connectivity index (χ3n) is 6.58. The first-order valence-electron chi connectivity index (χ1n) is 9.73. The quantitative estimate of drug-likeness (QED) is 0.852. The fourth-order valence-corrected chi connectivity index (χ4v) is 5.30. The van der Waals surface area contributed by atoms with E-state index in [1.807, 2.05) is 6.92 Å². The summed E-state index contributed by atoms with van der Waals surface area (Å²) in [6, 6.07) is 7.99. The number of fused-ring (bicyclic) bond motifs is 3. The number of carbonyl (C=O) groups is 1. The molecule has 1 fully saturated rings. The topological polar surface area (TPSA) is 53.0 Å². The predicted molar refractivity (Wildman–Crippen MR) is 105 cm³/mol. The van der Waals surface area contributed by atoms with Crippen molar-refractivity contribution in [1.82, 2.24) is 4.90 Å².